The summed E-state index contributed by atoms with van der Waals surface area (Å²) in [4.78, 5) is 27.0. The Bertz CT molecular complexity index is 912. The third-order valence-corrected chi connectivity index (χ3v) is 5.95. The van der Waals surface area contributed by atoms with Gasteiger partial charge in [-0.3, -0.25) is 9.36 Å². The van der Waals surface area contributed by atoms with Gasteiger partial charge in [-0.1, -0.05) is 31.2 Å². The number of carbonyl (C=O) groups excluding carboxylic acids is 1. The van der Waals surface area contributed by atoms with Gasteiger partial charge in [0.25, 0.3) is 0 Å². The third kappa shape index (κ3) is 3.34. The molecule has 0 bridgehead atoms. The Morgan fingerprint density at radius 3 is 2.85 bits per heavy atom. The highest BCUT2D eigenvalue weighted by Crippen LogP contribution is 2.39. The lowest BCUT2D eigenvalue weighted by molar-refractivity contribution is -0.152. The number of fused-ring (bicyclic) bond motifs is 2. The first-order chi connectivity index (χ1) is 13.1. The van der Waals surface area contributed by atoms with E-state index in [0.29, 0.717) is 24.7 Å². The number of esters is 1. The molecule has 1 fully saturated rings. The summed E-state index contributed by atoms with van der Waals surface area (Å²) in [6.07, 6.45) is 4.41. The van der Waals surface area contributed by atoms with Crippen LogP contribution in [-0.2, 0) is 16.1 Å². The van der Waals surface area contributed by atoms with Gasteiger partial charge in [0, 0.05) is 26.2 Å². The van der Waals surface area contributed by atoms with Crippen molar-refractivity contribution in [1.29, 1.82) is 0 Å². The molecule has 4 atom stereocenters. The number of benzene rings is 1. The first-order valence-electron chi connectivity index (χ1n) is 9.74. The molecule has 0 unspecified atom stereocenters. The fourth-order valence-corrected chi connectivity index (χ4v) is 4.63. The van der Waals surface area contributed by atoms with Crippen molar-refractivity contribution in [3.63, 3.8) is 0 Å². The Morgan fingerprint density at radius 1 is 1.22 bits per heavy atom. The van der Waals surface area contributed by atoms with Crippen molar-refractivity contribution in [1.82, 2.24) is 9.47 Å². The van der Waals surface area contributed by atoms with Crippen LogP contribution in [0, 0.1) is 23.7 Å². The van der Waals surface area contributed by atoms with Crippen LogP contribution < -0.4 is 5.76 Å². The molecule has 2 heterocycles. The van der Waals surface area contributed by atoms with Crippen molar-refractivity contribution in [2.45, 2.75) is 20.4 Å². The minimum absolute atomic E-state index is 0.0803. The molecule has 144 valence electrons. The van der Waals surface area contributed by atoms with Crippen molar-refractivity contribution in [3.05, 3.63) is 47.0 Å². The van der Waals surface area contributed by atoms with Gasteiger partial charge in [0.05, 0.1) is 18.0 Å². The number of rotatable bonds is 5. The summed E-state index contributed by atoms with van der Waals surface area (Å²) in [5.41, 5.74) is 1.45. The Kier molecular flexibility index (Phi) is 4.91. The Labute approximate surface area is 158 Å². The maximum Gasteiger partial charge on any atom is 0.419 e. The van der Waals surface area contributed by atoms with Crippen LogP contribution in [0.4, 0.5) is 0 Å². The molecule has 0 N–H and O–H groups in total. The van der Waals surface area contributed by atoms with Crippen molar-refractivity contribution in [2.24, 2.45) is 23.7 Å². The van der Waals surface area contributed by atoms with Gasteiger partial charge in [0.1, 0.15) is 0 Å². The topological polar surface area (TPSA) is 64.7 Å². The quantitative estimate of drug-likeness (QED) is 0.598. The highest BCUT2D eigenvalue weighted by molar-refractivity contribution is 5.74. The monoisotopic (exact) mass is 370 g/mol. The summed E-state index contributed by atoms with van der Waals surface area (Å²) in [7, 11) is 0. The van der Waals surface area contributed by atoms with Crippen LogP contribution in [0.25, 0.3) is 11.1 Å². The minimum Gasteiger partial charge on any atom is -0.466 e. The molecule has 2 aliphatic rings. The van der Waals surface area contributed by atoms with Crippen LogP contribution in [-0.4, -0.2) is 41.7 Å². The second-order valence-corrected chi connectivity index (χ2v) is 7.60. The molecule has 1 aliphatic carbocycles. The maximum atomic E-state index is 12.5. The predicted molar refractivity (Wildman–Crippen MR) is 102 cm³/mol. The molecule has 1 aromatic carbocycles. The number of carbonyl (C=O) groups is 1. The van der Waals surface area contributed by atoms with E-state index in [-0.39, 0.29) is 29.5 Å². The minimum atomic E-state index is -0.314. The fraction of sp³-hybridized carbons (Fsp3) is 0.524. The SMILES string of the molecule is CCOC(=O)[C@@H]1[C@H]2CN(CCn3c(=O)oc4ccccc43)C[C@@H]2C=C[C@@H]1C. The summed E-state index contributed by atoms with van der Waals surface area (Å²) in [6, 6.07) is 7.50. The van der Waals surface area contributed by atoms with Crippen LogP contribution in [0.5, 0.6) is 0 Å². The van der Waals surface area contributed by atoms with E-state index < -0.39 is 0 Å². The fourth-order valence-electron chi connectivity index (χ4n) is 4.63. The Morgan fingerprint density at radius 2 is 2.04 bits per heavy atom. The van der Waals surface area contributed by atoms with Gasteiger partial charge < -0.3 is 14.1 Å². The lowest BCUT2D eigenvalue weighted by Crippen LogP contribution is -2.37. The normalized spacial score (nSPS) is 27.8. The molecular formula is C21H26N2O4. The number of nitrogens with zero attached hydrogens (tertiary/aromatic N) is 2. The van der Waals surface area contributed by atoms with Gasteiger partial charge in [-0.15, -0.1) is 0 Å². The van der Waals surface area contributed by atoms with E-state index in [2.05, 4.69) is 24.0 Å². The van der Waals surface area contributed by atoms with Crippen molar-refractivity contribution >= 4 is 17.1 Å². The van der Waals surface area contributed by atoms with Crippen LogP contribution in [0.3, 0.4) is 0 Å². The van der Waals surface area contributed by atoms with E-state index in [0.717, 1.165) is 25.2 Å². The average Bonchev–Trinajstić information content (AvgIpc) is 3.19. The van der Waals surface area contributed by atoms with Crippen LogP contribution in [0.15, 0.2) is 45.6 Å². The Balaban J connectivity index is 1.46. The van der Waals surface area contributed by atoms with Gasteiger partial charge in [0.15, 0.2) is 5.58 Å². The van der Waals surface area contributed by atoms with Crippen molar-refractivity contribution < 1.29 is 13.9 Å². The van der Waals surface area contributed by atoms with E-state index in [1.165, 1.54) is 0 Å². The average molecular weight is 370 g/mol. The van der Waals surface area contributed by atoms with Crippen molar-refractivity contribution in [2.75, 3.05) is 26.2 Å². The molecule has 27 heavy (non-hydrogen) atoms. The van der Waals surface area contributed by atoms with Gasteiger partial charge in [-0.2, -0.15) is 0 Å². The van der Waals surface area contributed by atoms with Gasteiger partial charge in [-0.25, -0.2) is 4.79 Å². The number of likely N-dealkylation sites (tertiary alicyclic amines) is 1. The lowest BCUT2D eigenvalue weighted by Gasteiger charge is -2.32. The number of para-hydroxylation sites is 2. The van der Waals surface area contributed by atoms with Crippen LogP contribution >= 0.6 is 0 Å². The van der Waals surface area contributed by atoms with Gasteiger partial charge in [-0.05, 0) is 36.8 Å². The summed E-state index contributed by atoms with van der Waals surface area (Å²) < 4.78 is 12.3. The van der Waals surface area contributed by atoms with E-state index >= 15 is 0 Å². The first-order valence-corrected chi connectivity index (χ1v) is 9.74. The summed E-state index contributed by atoms with van der Waals surface area (Å²) in [5, 5.41) is 0. The summed E-state index contributed by atoms with van der Waals surface area (Å²) in [6.45, 7) is 7.47. The standard InChI is InChI=1S/C21H26N2O4/c1-3-26-20(24)19-14(2)8-9-15-12-22(13-16(15)19)10-11-23-17-6-4-5-7-18(17)27-21(23)25/h4-9,14-16,19H,3,10-13H2,1-2H3/t14-,15-,16-,19-/m0/s1. The first kappa shape index (κ1) is 18.0. The molecule has 0 amide bonds. The molecule has 6 heteroatoms. The largest absolute Gasteiger partial charge is 0.466 e. The predicted octanol–water partition coefficient (Wildman–Crippen LogP) is 2.53. The third-order valence-electron chi connectivity index (χ3n) is 5.95. The summed E-state index contributed by atoms with van der Waals surface area (Å²) >= 11 is 0. The number of hydrogen-bond donors (Lipinski definition) is 0. The van der Waals surface area contributed by atoms with E-state index in [1.807, 2.05) is 31.2 Å². The molecule has 4 rings (SSSR count). The number of oxazole rings is 1. The zero-order valence-electron chi connectivity index (χ0n) is 15.8. The summed E-state index contributed by atoms with van der Waals surface area (Å²) in [5.74, 6) is 0.373. The molecular weight excluding hydrogens is 344 g/mol. The molecule has 1 aliphatic heterocycles. The molecule has 1 aromatic heterocycles. The number of allylic oxidation sites excluding steroid dienone is 1. The zero-order valence-corrected chi connectivity index (χ0v) is 15.8. The molecule has 0 radical (unpaired) electrons. The molecule has 0 spiro atoms. The van der Waals surface area contributed by atoms with Crippen LogP contribution in [0.1, 0.15) is 13.8 Å². The van der Waals surface area contributed by atoms with E-state index in [9.17, 15) is 9.59 Å². The smallest absolute Gasteiger partial charge is 0.419 e. The highest BCUT2D eigenvalue weighted by Gasteiger charge is 2.44. The van der Waals surface area contributed by atoms with E-state index in [4.69, 9.17) is 9.15 Å². The molecule has 1 saturated heterocycles. The van der Waals surface area contributed by atoms with Gasteiger partial charge >= 0.3 is 11.7 Å². The number of hydrogen-bond acceptors (Lipinski definition) is 5. The van der Waals surface area contributed by atoms with E-state index in [1.54, 1.807) is 4.57 Å². The Hall–Kier alpha value is -2.34. The molecule has 6 nitrogen and oxygen atoms in total. The number of aromatic nitrogens is 1. The lowest BCUT2D eigenvalue weighted by atomic mass is 9.72. The molecule has 2 aromatic rings. The van der Waals surface area contributed by atoms with Gasteiger partial charge in [0.2, 0.25) is 0 Å². The highest BCUT2D eigenvalue weighted by atomic mass is 16.5. The second-order valence-electron chi connectivity index (χ2n) is 7.60. The number of ether oxygens (including phenoxy) is 1. The molecule has 0 saturated carbocycles. The van der Waals surface area contributed by atoms with Crippen LogP contribution in [0.2, 0.25) is 0 Å². The zero-order chi connectivity index (χ0) is 19.0. The van der Waals surface area contributed by atoms with Crippen molar-refractivity contribution in [3.8, 4) is 0 Å². The second kappa shape index (κ2) is 7.35. The maximum absolute atomic E-state index is 12.5.